The van der Waals surface area contributed by atoms with E-state index in [1.807, 2.05) is 39.0 Å². The molecule has 154 valence electrons. The van der Waals surface area contributed by atoms with E-state index in [1.165, 1.54) is 9.80 Å². The Morgan fingerprint density at radius 2 is 1.79 bits per heavy atom. The number of hydrogen-bond acceptors (Lipinski definition) is 2. The van der Waals surface area contributed by atoms with Gasteiger partial charge < -0.3 is 20.4 Å². The maximum Gasteiger partial charge on any atom is 0.283 e. The van der Waals surface area contributed by atoms with Crippen molar-refractivity contribution in [3.63, 3.8) is 0 Å². The highest BCUT2D eigenvalue weighted by molar-refractivity contribution is 5.82. The van der Waals surface area contributed by atoms with Gasteiger partial charge in [0.25, 0.3) is 11.8 Å². The molecule has 2 unspecified atom stereocenters. The number of amides is 2. The van der Waals surface area contributed by atoms with E-state index in [9.17, 15) is 9.59 Å². The van der Waals surface area contributed by atoms with Gasteiger partial charge in [-0.25, -0.2) is 0 Å². The molecule has 0 spiro atoms. The fourth-order valence-electron chi connectivity index (χ4n) is 4.04. The smallest absolute Gasteiger partial charge is 0.283 e. The molecule has 0 aromatic heterocycles. The first-order valence-corrected chi connectivity index (χ1v) is 10.7. The van der Waals surface area contributed by atoms with Crippen LogP contribution in [0.15, 0.2) is 30.3 Å². The van der Waals surface area contributed by atoms with Crippen LogP contribution in [0.25, 0.3) is 0 Å². The van der Waals surface area contributed by atoms with Crippen molar-refractivity contribution in [2.24, 2.45) is 0 Å². The molecule has 1 aromatic carbocycles. The summed E-state index contributed by atoms with van der Waals surface area (Å²) in [5.41, 5.74) is 0.892. The maximum absolute atomic E-state index is 13.0. The van der Waals surface area contributed by atoms with Gasteiger partial charge in [-0.15, -0.1) is 0 Å². The number of rotatable bonds is 6. The Kier molecular flexibility index (Phi) is 6.73. The van der Waals surface area contributed by atoms with Gasteiger partial charge in [-0.2, -0.15) is 0 Å². The van der Waals surface area contributed by atoms with Crippen LogP contribution in [0.5, 0.6) is 0 Å². The predicted molar refractivity (Wildman–Crippen MR) is 109 cm³/mol. The summed E-state index contributed by atoms with van der Waals surface area (Å²) < 4.78 is 0. The lowest BCUT2D eigenvalue weighted by molar-refractivity contribution is -0.948. The molecule has 0 radical (unpaired) electrons. The molecule has 28 heavy (non-hydrogen) atoms. The predicted octanol–water partition coefficient (Wildman–Crippen LogP) is -0.905. The van der Waals surface area contributed by atoms with Gasteiger partial charge in [-0.1, -0.05) is 30.3 Å². The number of carbonyl (C=O) groups excluding carboxylic acids is 2. The third-order valence-electron chi connectivity index (χ3n) is 5.48. The van der Waals surface area contributed by atoms with Crippen LogP contribution >= 0.6 is 0 Å². The fraction of sp³-hybridized carbons (Fsp3) is 0.636. The van der Waals surface area contributed by atoms with Crippen molar-refractivity contribution in [3.8, 4) is 0 Å². The van der Waals surface area contributed by atoms with E-state index in [0.717, 1.165) is 51.0 Å². The van der Waals surface area contributed by atoms with Gasteiger partial charge in [0.05, 0.1) is 13.1 Å². The molecule has 2 fully saturated rings. The average Bonchev–Trinajstić information content (AvgIpc) is 3.43. The van der Waals surface area contributed by atoms with Crippen LogP contribution in [-0.4, -0.2) is 56.1 Å². The fourth-order valence-corrected chi connectivity index (χ4v) is 4.04. The lowest BCUT2D eigenvalue weighted by atomic mass is 10.0. The van der Waals surface area contributed by atoms with Crippen LogP contribution in [0.4, 0.5) is 0 Å². The normalized spacial score (nSPS) is 24.1. The van der Waals surface area contributed by atoms with Crippen molar-refractivity contribution < 1.29 is 19.4 Å². The van der Waals surface area contributed by atoms with Crippen LogP contribution in [0.1, 0.15) is 51.6 Å². The molecule has 1 saturated heterocycles. The van der Waals surface area contributed by atoms with Crippen molar-refractivity contribution >= 4 is 11.8 Å². The highest BCUT2D eigenvalue weighted by Crippen LogP contribution is 2.20. The first-order chi connectivity index (χ1) is 13.3. The summed E-state index contributed by atoms with van der Waals surface area (Å²) in [6, 6.07) is 10.4. The summed E-state index contributed by atoms with van der Waals surface area (Å²) in [7, 11) is 0. The van der Waals surface area contributed by atoms with E-state index in [1.54, 1.807) is 0 Å². The standard InChI is InChI=1S/C22H34N4O2/c1-22(2,3)24-19(27)16-25-12-7-13-26(15-14-25)20(17-8-5-4-6-9-17)21(28)23-18-10-11-18/h4-6,8-9,18,20H,7,10-16H2,1-3H3,(H,23,28)(H,24,27)/p+2/t20-/m0/s1. The van der Waals surface area contributed by atoms with Gasteiger partial charge in [-0.05, 0) is 33.6 Å². The molecule has 0 bridgehead atoms. The van der Waals surface area contributed by atoms with E-state index in [-0.39, 0.29) is 23.4 Å². The molecule has 1 heterocycles. The van der Waals surface area contributed by atoms with Crippen molar-refractivity contribution in [1.82, 2.24) is 10.6 Å². The first-order valence-electron chi connectivity index (χ1n) is 10.7. The minimum absolute atomic E-state index is 0.108. The van der Waals surface area contributed by atoms with Crippen LogP contribution in [0.3, 0.4) is 0 Å². The molecule has 2 aliphatic rings. The molecule has 6 heteroatoms. The molecule has 3 atom stereocenters. The molecule has 1 aromatic rings. The number of benzene rings is 1. The third-order valence-corrected chi connectivity index (χ3v) is 5.48. The van der Waals surface area contributed by atoms with E-state index < -0.39 is 0 Å². The quantitative estimate of drug-likeness (QED) is 0.510. The highest BCUT2D eigenvalue weighted by atomic mass is 16.2. The van der Waals surface area contributed by atoms with Gasteiger partial charge >= 0.3 is 0 Å². The number of quaternary nitrogens is 2. The van der Waals surface area contributed by atoms with E-state index >= 15 is 0 Å². The van der Waals surface area contributed by atoms with Crippen LogP contribution in [0.2, 0.25) is 0 Å². The second-order valence-corrected chi connectivity index (χ2v) is 9.36. The first kappa shape index (κ1) is 20.8. The van der Waals surface area contributed by atoms with E-state index in [0.29, 0.717) is 12.6 Å². The molecule has 1 saturated carbocycles. The maximum atomic E-state index is 13.0. The summed E-state index contributed by atoms with van der Waals surface area (Å²) in [6.07, 6.45) is 3.22. The molecule has 1 aliphatic heterocycles. The summed E-state index contributed by atoms with van der Waals surface area (Å²) in [5.74, 6) is 0.259. The Balaban J connectivity index is 1.63. The minimum atomic E-state index is -0.195. The minimum Gasteiger partial charge on any atom is -0.348 e. The average molecular weight is 389 g/mol. The Morgan fingerprint density at radius 3 is 2.43 bits per heavy atom. The molecule has 3 rings (SSSR count). The Labute approximate surface area is 168 Å². The van der Waals surface area contributed by atoms with Gasteiger partial charge in [0.2, 0.25) is 0 Å². The number of carbonyl (C=O) groups is 2. The topological polar surface area (TPSA) is 67.1 Å². The Hall–Kier alpha value is -1.92. The van der Waals surface area contributed by atoms with E-state index in [4.69, 9.17) is 0 Å². The second kappa shape index (κ2) is 9.05. The van der Waals surface area contributed by atoms with Gasteiger partial charge in [0.1, 0.15) is 13.1 Å². The lowest BCUT2D eigenvalue weighted by Gasteiger charge is -2.26. The lowest BCUT2D eigenvalue weighted by Crippen LogP contribution is -3.18. The number of hydrogen-bond donors (Lipinski definition) is 4. The van der Waals surface area contributed by atoms with Gasteiger partial charge in [0, 0.05) is 23.6 Å². The SMILES string of the molecule is CC(C)(C)NC(=O)C[NH+]1CCC[NH+]([C@H](C(=O)NC2CC2)c2ccccc2)CC1. The molecule has 1 aliphatic carbocycles. The van der Waals surface area contributed by atoms with E-state index in [2.05, 4.69) is 22.8 Å². The van der Waals surface area contributed by atoms with Crippen LogP contribution < -0.4 is 20.4 Å². The monoisotopic (exact) mass is 388 g/mol. The summed E-state index contributed by atoms with van der Waals surface area (Å²) >= 11 is 0. The molecular formula is C22H36N4O2+2. The molecule has 6 nitrogen and oxygen atoms in total. The van der Waals surface area contributed by atoms with Crippen LogP contribution in [0, 0.1) is 0 Å². The zero-order valence-corrected chi connectivity index (χ0v) is 17.5. The molecule has 2 amide bonds. The van der Waals surface area contributed by atoms with Crippen molar-refractivity contribution in [2.75, 3.05) is 32.7 Å². The summed E-state index contributed by atoms with van der Waals surface area (Å²) in [6.45, 7) is 10.3. The second-order valence-electron chi connectivity index (χ2n) is 9.36. The summed E-state index contributed by atoms with van der Waals surface area (Å²) in [4.78, 5) is 28.0. The summed E-state index contributed by atoms with van der Waals surface area (Å²) in [5, 5.41) is 6.27. The largest absolute Gasteiger partial charge is 0.348 e. The van der Waals surface area contributed by atoms with Crippen molar-refractivity contribution in [2.45, 2.75) is 57.7 Å². The Morgan fingerprint density at radius 1 is 1.07 bits per heavy atom. The third kappa shape index (κ3) is 6.31. The van der Waals surface area contributed by atoms with Crippen LogP contribution in [-0.2, 0) is 9.59 Å². The van der Waals surface area contributed by atoms with Gasteiger partial charge in [0.15, 0.2) is 12.6 Å². The van der Waals surface area contributed by atoms with Crippen molar-refractivity contribution in [1.29, 1.82) is 0 Å². The van der Waals surface area contributed by atoms with Gasteiger partial charge in [-0.3, -0.25) is 9.59 Å². The highest BCUT2D eigenvalue weighted by Gasteiger charge is 2.36. The Bertz CT molecular complexity index is 667. The molecule has 4 N–H and O–H groups in total. The zero-order valence-electron chi connectivity index (χ0n) is 17.5. The zero-order chi connectivity index (χ0) is 20.1. The van der Waals surface area contributed by atoms with Crippen molar-refractivity contribution in [3.05, 3.63) is 35.9 Å². The number of nitrogens with one attached hydrogen (secondary N) is 4. The molecular weight excluding hydrogens is 352 g/mol.